The van der Waals surface area contributed by atoms with Crippen LogP contribution < -0.4 is 14.8 Å². The normalized spacial score (nSPS) is 19.5. The van der Waals surface area contributed by atoms with Crippen LogP contribution in [0.5, 0.6) is 11.5 Å². The van der Waals surface area contributed by atoms with Gasteiger partial charge in [0, 0.05) is 18.7 Å². The number of likely N-dealkylation sites (tertiary alicyclic amines) is 2. The number of nitrogens with one attached hydrogen (secondary N) is 1. The molecular formula is C22H35N3O3. The molecule has 2 aliphatic heterocycles. The van der Waals surface area contributed by atoms with Gasteiger partial charge in [-0.2, -0.15) is 0 Å². The Labute approximate surface area is 169 Å². The van der Waals surface area contributed by atoms with E-state index in [0.717, 1.165) is 48.9 Å². The minimum absolute atomic E-state index is 0.00960. The van der Waals surface area contributed by atoms with Crippen LogP contribution >= 0.6 is 0 Å². The van der Waals surface area contributed by atoms with Gasteiger partial charge >= 0.3 is 6.03 Å². The van der Waals surface area contributed by atoms with E-state index in [1.807, 2.05) is 30.0 Å². The molecule has 3 rings (SSSR count). The predicted molar refractivity (Wildman–Crippen MR) is 111 cm³/mol. The van der Waals surface area contributed by atoms with Gasteiger partial charge in [0.25, 0.3) is 0 Å². The van der Waals surface area contributed by atoms with Crippen LogP contribution in [0.1, 0.15) is 50.6 Å². The van der Waals surface area contributed by atoms with Crippen molar-refractivity contribution in [1.29, 1.82) is 0 Å². The van der Waals surface area contributed by atoms with E-state index >= 15 is 0 Å². The molecule has 6 nitrogen and oxygen atoms in total. The maximum atomic E-state index is 12.7. The van der Waals surface area contributed by atoms with Crippen molar-refractivity contribution in [2.45, 2.75) is 45.1 Å². The molecule has 0 spiro atoms. The second-order valence-corrected chi connectivity index (χ2v) is 8.05. The minimum Gasteiger partial charge on any atom is -0.497 e. The van der Waals surface area contributed by atoms with E-state index in [1.165, 1.54) is 38.9 Å². The third kappa shape index (κ3) is 5.31. The Balaban J connectivity index is 1.47. The van der Waals surface area contributed by atoms with Crippen molar-refractivity contribution in [3.63, 3.8) is 0 Å². The summed E-state index contributed by atoms with van der Waals surface area (Å²) in [5, 5.41) is 3.13. The molecule has 6 heteroatoms. The van der Waals surface area contributed by atoms with Gasteiger partial charge in [-0.15, -0.1) is 0 Å². The van der Waals surface area contributed by atoms with Gasteiger partial charge in [0.2, 0.25) is 0 Å². The number of methoxy groups -OCH3 is 2. The molecule has 2 amide bonds. The number of carbonyl (C=O) groups excluding carboxylic acids is 1. The lowest BCUT2D eigenvalue weighted by atomic mass is 9.93. The molecule has 2 fully saturated rings. The van der Waals surface area contributed by atoms with E-state index in [4.69, 9.17) is 9.47 Å². The number of piperidine rings is 1. The van der Waals surface area contributed by atoms with E-state index in [0.29, 0.717) is 0 Å². The smallest absolute Gasteiger partial charge is 0.317 e. The van der Waals surface area contributed by atoms with Crippen LogP contribution in [0.3, 0.4) is 0 Å². The Morgan fingerprint density at radius 1 is 1.14 bits per heavy atom. The molecule has 156 valence electrons. The third-order valence-electron chi connectivity index (χ3n) is 6.20. The summed E-state index contributed by atoms with van der Waals surface area (Å²) < 4.78 is 10.8. The van der Waals surface area contributed by atoms with Crippen molar-refractivity contribution < 1.29 is 14.3 Å². The number of hydrogen-bond donors (Lipinski definition) is 1. The van der Waals surface area contributed by atoms with Crippen molar-refractivity contribution in [3.8, 4) is 11.5 Å². The minimum atomic E-state index is -0.148. The Morgan fingerprint density at radius 2 is 1.86 bits per heavy atom. The Hall–Kier alpha value is -1.95. The van der Waals surface area contributed by atoms with E-state index in [1.54, 1.807) is 14.2 Å². The number of nitrogens with zero attached hydrogens (tertiary/aromatic N) is 2. The molecule has 1 N–H and O–H groups in total. The predicted octanol–water partition coefficient (Wildman–Crippen LogP) is 3.67. The molecule has 0 saturated carbocycles. The fraction of sp³-hybridized carbons (Fsp3) is 0.682. The van der Waals surface area contributed by atoms with Crippen LogP contribution in [0.4, 0.5) is 4.79 Å². The number of amides is 2. The summed E-state index contributed by atoms with van der Waals surface area (Å²) in [4.78, 5) is 17.3. The second-order valence-electron chi connectivity index (χ2n) is 8.05. The summed E-state index contributed by atoms with van der Waals surface area (Å²) in [6.07, 6.45) is 6.20. The van der Waals surface area contributed by atoms with Crippen LogP contribution in [0.2, 0.25) is 0 Å². The molecule has 28 heavy (non-hydrogen) atoms. The summed E-state index contributed by atoms with van der Waals surface area (Å²) in [6, 6.07) is 5.53. The average molecular weight is 390 g/mol. The summed E-state index contributed by atoms with van der Waals surface area (Å²) in [5.74, 6) is 2.27. The molecule has 1 aromatic carbocycles. The van der Waals surface area contributed by atoms with Gasteiger partial charge in [0.15, 0.2) is 0 Å². The van der Waals surface area contributed by atoms with Crippen molar-refractivity contribution in [2.75, 3.05) is 46.9 Å². The molecule has 0 unspecified atom stereocenters. The average Bonchev–Trinajstić information content (AvgIpc) is 3.25. The molecular weight excluding hydrogens is 354 g/mol. The molecule has 2 saturated heterocycles. The van der Waals surface area contributed by atoms with E-state index < -0.39 is 0 Å². The quantitative estimate of drug-likeness (QED) is 0.773. The first-order valence-electron chi connectivity index (χ1n) is 10.6. The SMILES string of the molecule is COc1ccc(OC)c([C@@H](C)NC(=O)N2CCC(CCN3CCCC3)CC2)c1. The summed E-state index contributed by atoms with van der Waals surface area (Å²) >= 11 is 0. The number of urea groups is 1. The highest BCUT2D eigenvalue weighted by Gasteiger charge is 2.25. The number of rotatable bonds is 7. The van der Waals surface area contributed by atoms with Crippen molar-refractivity contribution in [1.82, 2.24) is 15.1 Å². The zero-order chi connectivity index (χ0) is 19.9. The molecule has 2 heterocycles. The molecule has 0 bridgehead atoms. The highest BCUT2D eigenvalue weighted by atomic mass is 16.5. The molecule has 1 aromatic rings. The monoisotopic (exact) mass is 389 g/mol. The summed E-state index contributed by atoms with van der Waals surface area (Å²) in [5.41, 5.74) is 0.927. The molecule has 1 atom stereocenters. The van der Waals surface area contributed by atoms with Gasteiger partial charge in [0.05, 0.1) is 20.3 Å². The lowest BCUT2D eigenvalue weighted by Crippen LogP contribution is -2.45. The lowest BCUT2D eigenvalue weighted by molar-refractivity contribution is 0.160. The molecule has 0 radical (unpaired) electrons. The zero-order valence-electron chi connectivity index (χ0n) is 17.6. The number of benzene rings is 1. The highest BCUT2D eigenvalue weighted by Crippen LogP contribution is 2.29. The van der Waals surface area contributed by atoms with E-state index in [2.05, 4.69) is 10.2 Å². The number of ether oxygens (including phenoxy) is 2. The lowest BCUT2D eigenvalue weighted by Gasteiger charge is -2.33. The maximum absolute atomic E-state index is 12.7. The molecule has 0 aromatic heterocycles. The van der Waals surface area contributed by atoms with Crippen LogP contribution in [-0.2, 0) is 0 Å². The first-order valence-corrected chi connectivity index (χ1v) is 10.6. The van der Waals surface area contributed by atoms with Crippen LogP contribution in [-0.4, -0.2) is 62.8 Å². The topological polar surface area (TPSA) is 54.0 Å². The fourth-order valence-electron chi connectivity index (χ4n) is 4.33. The highest BCUT2D eigenvalue weighted by molar-refractivity contribution is 5.75. The number of hydrogen-bond acceptors (Lipinski definition) is 4. The molecule has 0 aliphatic carbocycles. The standard InChI is InChI=1S/C22H35N3O3/c1-17(20-16-19(27-2)6-7-21(20)28-3)23-22(26)25-14-9-18(10-15-25)8-13-24-11-4-5-12-24/h6-7,16-18H,4-5,8-15H2,1-3H3,(H,23,26)/t17-/m1/s1. The third-order valence-corrected chi connectivity index (χ3v) is 6.20. The van der Waals surface area contributed by atoms with Gasteiger partial charge < -0.3 is 24.6 Å². The Bertz CT molecular complexity index is 638. The van der Waals surface area contributed by atoms with Crippen molar-refractivity contribution in [2.24, 2.45) is 5.92 Å². The summed E-state index contributed by atoms with van der Waals surface area (Å²) in [7, 11) is 3.29. The van der Waals surface area contributed by atoms with E-state index in [-0.39, 0.29) is 12.1 Å². The summed E-state index contributed by atoms with van der Waals surface area (Å²) in [6.45, 7) is 7.44. The molecule has 2 aliphatic rings. The van der Waals surface area contributed by atoms with Gasteiger partial charge in [-0.05, 0) is 82.8 Å². The first-order chi connectivity index (χ1) is 13.6. The maximum Gasteiger partial charge on any atom is 0.317 e. The van der Waals surface area contributed by atoms with Crippen LogP contribution in [0, 0.1) is 5.92 Å². The van der Waals surface area contributed by atoms with Gasteiger partial charge in [0.1, 0.15) is 11.5 Å². The van der Waals surface area contributed by atoms with Gasteiger partial charge in [-0.3, -0.25) is 0 Å². The Kier molecular flexibility index (Phi) is 7.43. The van der Waals surface area contributed by atoms with Crippen LogP contribution in [0.15, 0.2) is 18.2 Å². The largest absolute Gasteiger partial charge is 0.497 e. The fourth-order valence-corrected chi connectivity index (χ4v) is 4.33. The second kappa shape index (κ2) is 10.0. The van der Waals surface area contributed by atoms with Crippen LogP contribution in [0.25, 0.3) is 0 Å². The van der Waals surface area contributed by atoms with Gasteiger partial charge in [-0.25, -0.2) is 4.79 Å². The van der Waals surface area contributed by atoms with Crippen molar-refractivity contribution in [3.05, 3.63) is 23.8 Å². The van der Waals surface area contributed by atoms with E-state index in [9.17, 15) is 4.79 Å². The number of carbonyl (C=O) groups is 1. The van der Waals surface area contributed by atoms with Gasteiger partial charge in [-0.1, -0.05) is 0 Å². The zero-order valence-corrected chi connectivity index (χ0v) is 17.6. The Morgan fingerprint density at radius 3 is 2.50 bits per heavy atom. The first kappa shape index (κ1) is 20.8. The van der Waals surface area contributed by atoms with Crippen molar-refractivity contribution >= 4 is 6.03 Å².